The second-order valence-electron chi connectivity index (χ2n) is 10.1. The van der Waals surface area contributed by atoms with Crippen LogP contribution in [-0.2, 0) is 22.7 Å². The fourth-order valence-corrected chi connectivity index (χ4v) is 5.43. The number of hydrogen-bond donors (Lipinski definition) is 3. The normalized spacial score (nSPS) is 14.2. The van der Waals surface area contributed by atoms with Crippen LogP contribution in [0.3, 0.4) is 0 Å². The van der Waals surface area contributed by atoms with Crippen molar-refractivity contribution >= 4 is 21.9 Å². The number of morpholine rings is 1. The van der Waals surface area contributed by atoms with E-state index in [4.69, 9.17) is 23.7 Å². The molecule has 0 unspecified atom stereocenters. The van der Waals surface area contributed by atoms with Crippen LogP contribution >= 0.6 is 15.9 Å². The van der Waals surface area contributed by atoms with Gasteiger partial charge in [-0.2, -0.15) is 9.97 Å². The number of carboxylic acid groups (broad SMARTS) is 1. The third-order valence-corrected chi connectivity index (χ3v) is 8.23. The van der Waals surface area contributed by atoms with Crippen LogP contribution in [0, 0.1) is 6.92 Å². The first-order valence-corrected chi connectivity index (χ1v) is 15.1. The summed E-state index contributed by atoms with van der Waals surface area (Å²) >= 11 is 3.78. The number of carboxylic acids is 1. The summed E-state index contributed by atoms with van der Waals surface area (Å²) < 4.78 is 29.3. The summed E-state index contributed by atoms with van der Waals surface area (Å²) in [5.41, 5.74) is 4.35. The number of aliphatic carboxylic acids is 1. The number of halogens is 1. The highest BCUT2D eigenvalue weighted by molar-refractivity contribution is 9.10. The van der Waals surface area contributed by atoms with Crippen LogP contribution in [0.1, 0.15) is 23.1 Å². The van der Waals surface area contributed by atoms with Gasteiger partial charge in [-0.05, 0) is 52.0 Å². The summed E-state index contributed by atoms with van der Waals surface area (Å²) in [4.78, 5) is 22.3. The van der Waals surface area contributed by atoms with Crippen molar-refractivity contribution in [2.24, 2.45) is 0 Å². The lowest BCUT2D eigenvalue weighted by Crippen LogP contribution is -2.39. The van der Waals surface area contributed by atoms with Crippen molar-refractivity contribution in [3.05, 3.63) is 57.6 Å². The van der Waals surface area contributed by atoms with Crippen molar-refractivity contribution in [3.63, 3.8) is 0 Å². The molecule has 2 heterocycles. The molecule has 238 valence electrons. The molecule has 12 nitrogen and oxygen atoms in total. The number of aromatic nitrogens is 2. The molecule has 0 spiro atoms. The highest BCUT2D eigenvalue weighted by Crippen LogP contribution is 2.37. The molecule has 2 aromatic carbocycles. The van der Waals surface area contributed by atoms with Crippen molar-refractivity contribution < 1.29 is 38.7 Å². The number of nitrogens with one attached hydrogen (secondary N) is 1. The van der Waals surface area contributed by atoms with Gasteiger partial charge in [0.1, 0.15) is 18.4 Å². The van der Waals surface area contributed by atoms with E-state index in [1.807, 2.05) is 30.3 Å². The molecule has 13 heteroatoms. The molecular formula is C31H39BrN4O8. The van der Waals surface area contributed by atoms with Gasteiger partial charge in [-0.15, -0.1) is 0 Å². The molecule has 0 saturated carbocycles. The number of aliphatic hydroxyl groups is 1. The van der Waals surface area contributed by atoms with Crippen LogP contribution < -0.4 is 24.3 Å². The quantitative estimate of drug-likeness (QED) is 0.191. The van der Waals surface area contributed by atoms with Crippen LogP contribution in [0.15, 0.2) is 40.9 Å². The van der Waals surface area contributed by atoms with E-state index in [0.717, 1.165) is 71.7 Å². The molecule has 44 heavy (non-hydrogen) atoms. The summed E-state index contributed by atoms with van der Waals surface area (Å²) in [7, 11) is 2.86. The van der Waals surface area contributed by atoms with Gasteiger partial charge in [0.15, 0.2) is 0 Å². The second kappa shape index (κ2) is 16.5. The molecule has 3 aromatic rings. The maximum absolute atomic E-state index is 11.3. The minimum atomic E-state index is -1.19. The minimum absolute atomic E-state index is 0.00620. The summed E-state index contributed by atoms with van der Waals surface area (Å²) in [6.45, 7) is 6.79. The molecule has 0 amide bonds. The van der Waals surface area contributed by atoms with Gasteiger partial charge in [0, 0.05) is 36.2 Å². The zero-order valence-electron chi connectivity index (χ0n) is 25.2. The van der Waals surface area contributed by atoms with E-state index in [-0.39, 0.29) is 30.9 Å². The Morgan fingerprint density at radius 1 is 1.07 bits per heavy atom. The first-order valence-electron chi connectivity index (χ1n) is 14.3. The summed E-state index contributed by atoms with van der Waals surface area (Å²) in [6, 6.07) is 10.9. The van der Waals surface area contributed by atoms with Gasteiger partial charge in [-0.25, -0.2) is 0 Å². The third kappa shape index (κ3) is 8.57. The smallest absolute Gasteiger partial charge is 0.323 e. The summed E-state index contributed by atoms with van der Waals surface area (Å²) in [6.07, 6.45) is 0.945. The molecule has 3 N–H and O–H groups in total. The first-order chi connectivity index (χ1) is 21.4. The van der Waals surface area contributed by atoms with Gasteiger partial charge >= 0.3 is 12.0 Å². The summed E-state index contributed by atoms with van der Waals surface area (Å²) in [5.74, 6) is -0.0137. The summed E-state index contributed by atoms with van der Waals surface area (Å²) in [5, 5.41) is 21.2. The molecule has 1 atom stereocenters. The Morgan fingerprint density at radius 2 is 1.75 bits per heavy atom. The van der Waals surface area contributed by atoms with Crippen LogP contribution in [0.2, 0.25) is 0 Å². The molecule has 1 aliphatic heterocycles. The van der Waals surface area contributed by atoms with Crippen molar-refractivity contribution in [3.8, 4) is 34.6 Å². The molecule has 1 saturated heterocycles. The van der Waals surface area contributed by atoms with E-state index in [2.05, 4.69) is 49.1 Å². The predicted molar refractivity (Wildman–Crippen MR) is 167 cm³/mol. The molecular weight excluding hydrogens is 636 g/mol. The van der Waals surface area contributed by atoms with Gasteiger partial charge in [0.2, 0.25) is 11.8 Å². The Hall–Kier alpha value is -3.49. The average Bonchev–Trinajstić information content (AvgIpc) is 3.04. The first kappa shape index (κ1) is 33.4. The fraction of sp³-hybridized carbons (Fsp3) is 0.452. The third-order valence-electron chi connectivity index (χ3n) is 7.29. The SMILES string of the molecule is COc1nc(OCc2cccc(-c3cccc(OCCCN4CCOCC4)c3C)c2Br)nc(OC)c1CN[C@@H](CO)C(=O)O. The van der Waals surface area contributed by atoms with Crippen LogP contribution in [-0.4, -0.2) is 97.4 Å². The average molecular weight is 676 g/mol. The Balaban J connectivity index is 1.44. The highest BCUT2D eigenvalue weighted by Gasteiger charge is 2.22. The molecule has 1 aromatic heterocycles. The number of benzene rings is 2. The number of ether oxygens (including phenoxy) is 5. The van der Waals surface area contributed by atoms with Crippen molar-refractivity contribution in [2.45, 2.75) is 32.5 Å². The van der Waals surface area contributed by atoms with Crippen LogP contribution in [0.5, 0.6) is 23.5 Å². The Morgan fingerprint density at radius 3 is 2.41 bits per heavy atom. The number of hydrogen-bond acceptors (Lipinski definition) is 11. The van der Waals surface area contributed by atoms with Gasteiger partial charge < -0.3 is 33.9 Å². The topological polar surface area (TPSA) is 145 Å². The standard InChI is InChI=1S/C31H39BrN4O8/c1-20-22(8-5-10-26(20)43-14-6-11-36-12-15-42-16-13-36)23-9-4-7-21(27(23)32)19-44-31-34-28(40-2)24(29(35-31)41-3)17-33-25(18-37)30(38)39/h4-5,7-10,25,33,37H,6,11-19H2,1-3H3,(H,38,39)/t25-/m0/s1. The van der Waals surface area contributed by atoms with Gasteiger partial charge in [0.25, 0.3) is 0 Å². The van der Waals surface area contributed by atoms with E-state index in [0.29, 0.717) is 12.2 Å². The molecule has 1 fully saturated rings. The van der Waals surface area contributed by atoms with Crippen molar-refractivity contribution in [1.82, 2.24) is 20.2 Å². The van der Waals surface area contributed by atoms with E-state index in [1.165, 1.54) is 14.2 Å². The van der Waals surface area contributed by atoms with E-state index >= 15 is 0 Å². The number of methoxy groups -OCH3 is 2. The zero-order valence-corrected chi connectivity index (χ0v) is 26.8. The number of carbonyl (C=O) groups is 1. The lowest BCUT2D eigenvalue weighted by atomic mass is 9.98. The molecule has 0 radical (unpaired) electrons. The number of rotatable bonds is 16. The molecule has 0 aliphatic carbocycles. The zero-order chi connectivity index (χ0) is 31.5. The Bertz CT molecular complexity index is 1380. The largest absolute Gasteiger partial charge is 0.493 e. The van der Waals surface area contributed by atoms with Crippen molar-refractivity contribution in [1.29, 1.82) is 0 Å². The predicted octanol–water partition coefficient (Wildman–Crippen LogP) is 3.45. The highest BCUT2D eigenvalue weighted by atomic mass is 79.9. The van der Waals surface area contributed by atoms with Gasteiger partial charge in [0.05, 0.1) is 46.2 Å². The number of nitrogens with zero attached hydrogens (tertiary/aromatic N) is 3. The molecule has 0 bridgehead atoms. The monoisotopic (exact) mass is 674 g/mol. The lowest BCUT2D eigenvalue weighted by Gasteiger charge is -2.26. The van der Waals surface area contributed by atoms with Crippen molar-refractivity contribution in [2.75, 3.05) is 60.3 Å². The van der Waals surface area contributed by atoms with E-state index in [9.17, 15) is 15.0 Å². The van der Waals surface area contributed by atoms with Crippen LogP contribution in [0.4, 0.5) is 0 Å². The van der Waals surface area contributed by atoms with E-state index < -0.39 is 18.6 Å². The maximum Gasteiger partial charge on any atom is 0.323 e. The number of aliphatic hydroxyl groups excluding tert-OH is 1. The Kier molecular flexibility index (Phi) is 12.6. The van der Waals surface area contributed by atoms with Gasteiger partial charge in [-0.1, -0.05) is 30.3 Å². The fourth-order valence-electron chi connectivity index (χ4n) is 4.83. The van der Waals surface area contributed by atoms with Crippen LogP contribution in [0.25, 0.3) is 11.1 Å². The second-order valence-corrected chi connectivity index (χ2v) is 10.9. The lowest BCUT2D eigenvalue weighted by molar-refractivity contribution is -0.140. The van der Waals surface area contributed by atoms with E-state index in [1.54, 1.807) is 0 Å². The molecule has 1 aliphatic rings. The minimum Gasteiger partial charge on any atom is -0.493 e. The maximum atomic E-state index is 11.3. The molecule has 4 rings (SSSR count). The Labute approximate surface area is 265 Å². The van der Waals surface area contributed by atoms with Gasteiger partial charge in [-0.3, -0.25) is 15.0 Å².